The third kappa shape index (κ3) is 2.86. The molecule has 3 unspecified atom stereocenters. The molecule has 1 aromatic rings. The molecule has 0 bridgehead atoms. The average Bonchev–Trinajstić information content (AvgIpc) is 2.38. The molecule has 1 fully saturated rings. The number of rotatable bonds is 3. The standard InChI is InChI=1S/C16H25NO/c1-11-5-4-6-13(9-11)16(17)14-8-7-12(2)15(10-14)18-3/h7-8,10-11,13,16H,4-6,9,17H2,1-3H3. The molecule has 0 aromatic heterocycles. The molecule has 2 N–H and O–H groups in total. The van der Waals surface area contributed by atoms with Crippen LogP contribution in [-0.2, 0) is 0 Å². The molecule has 2 rings (SSSR count). The van der Waals surface area contributed by atoms with Gasteiger partial charge in [0.25, 0.3) is 0 Å². The Balaban J connectivity index is 2.14. The van der Waals surface area contributed by atoms with Crippen molar-refractivity contribution in [3.63, 3.8) is 0 Å². The Kier molecular flexibility index (Phi) is 4.28. The Labute approximate surface area is 111 Å². The summed E-state index contributed by atoms with van der Waals surface area (Å²) < 4.78 is 5.39. The van der Waals surface area contributed by atoms with Gasteiger partial charge in [-0.25, -0.2) is 0 Å². The summed E-state index contributed by atoms with van der Waals surface area (Å²) in [6.07, 6.45) is 5.21. The van der Waals surface area contributed by atoms with E-state index in [9.17, 15) is 0 Å². The maximum atomic E-state index is 6.45. The van der Waals surface area contributed by atoms with E-state index in [1.54, 1.807) is 7.11 Å². The minimum atomic E-state index is 0.155. The molecule has 0 heterocycles. The molecule has 1 aromatic carbocycles. The number of benzene rings is 1. The van der Waals surface area contributed by atoms with Gasteiger partial charge in [0.1, 0.15) is 5.75 Å². The van der Waals surface area contributed by atoms with E-state index in [1.165, 1.54) is 36.8 Å². The quantitative estimate of drug-likeness (QED) is 0.881. The first kappa shape index (κ1) is 13.4. The van der Waals surface area contributed by atoms with Crippen LogP contribution in [0.25, 0.3) is 0 Å². The van der Waals surface area contributed by atoms with Crippen molar-refractivity contribution in [2.75, 3.05) is 7.11 Å². The van der Waals surface area contributed by atoms with Gasteiger partial charge in [-0.15, -0.1) is 0 Å². The molecule has 2 heteroatoms. The fourth-order valence-corrected chi connectivity index (χ4v) is 3.12. The lowest BCUT2D eigenvalue weighted by molar-refractivity contribution is 0.247. The van der Waals surface area contributed by atoms with Crippen molar-refractivity contribution in [3.05, 3.63) is 29.3 Å². The lowest BCUT2D eigenvalue weighted by atomic mass is 9.77. The summed E-state index contributed by atoms with van der Waals surface area (Å²) in [5.41, 5.74) is 8.84. The SMILES string of the molecule is COc1cc(C(N)C2CCCC(C)C2)ccc1C. The van der Waals surface area contributed by atoms with Crippen LogP contribution < -0.4 is 10.5 Å². The highest BCUT2D eigenvalue weighted by molar-refractivity contribution is 5.38. The minimum absolute atomic E-state index is 0.155. The molecule has 0 amide bonds. The second kappa shape index (κ2) is 5.75. The monoisotopic (exact) mass is 247 g/mol. The van der Waals surface area contributed by atoms with Crippen LogP contribution in [0.1, 0.15) is 49.8 Å². The zero-order valence-corrected chi connectivity index (χ0v) is 11.8. The Morgan fingerprint density at radius 1 is 1.33 bits per heavy atom. The lowest BCUT2D eigenvalue weighted by Crippen LogP contribution is -2.26. The summed E-state index contributed by atoms with van der Waals surface area (Å²) in [5.74, 6) is 2.40. The maximum absolute atomic E-state index is 6.45. The lowest BCUT2D eigenvalue weighted by Gasteiger charge is -2.31. The fourth-order valence-electron chi connectivity index (χ4n) is 3.12. The van der Waals surface area contributed by atoms with Crippen molar-refractivity contribution in [2.45, 2.75) is 45.6 Å². The summed E-state index contributed by atoms with van der Waals surface area (Å²) in [6, 6.07) is 6.53. The van der Waals surface area contributed by atoms with Crippen LogP contribution in [0.4, 0.5) is 0 Å². The highest BCUT2D eigenvalue weighted by atomic mass is 16.5. The highest BCUT2D eigenvalue weighted by Crippen LogP contribution is 2.36. The molecular weight excluding hydrogens is 222 g/mol. The van der Waals surface area contributed by atoms with Crippen molar-refractivity contribution >= 4 is 0 Å². The van der Waals surface area contributed by atoms with Gasteiger partial charge in [-0.2, -0.15) is 0 Å². The minimum Gasteiger partial charge on any atom is -0.496 e. The van der Waals surface area contributed by atoms with Crippen LogP contribution in [0.2, 0.25) is 0 Å². The van der Waals surface area contributed by atoms with Crippen LogP contribution in [0.15, 0.2) is 18.2 Å². The molecule has 100 valence electrons. The first-order chi connectivity index (χ1) is 8.61. The van der Waals surface area contributed by atoms with Crippen molar-refractivity contribution in [3.8, 4) is 5.75 Å². The zero-order valence-electron chi connectivity index (χ0n) is 11.8. The molecule has 0 spiro atoms. The van der Waals surface area contributed by atoms with Crippen molar-refractivity contribution in [1.29, 1.82) is 0 Å². The molecule has 1 aliphatic carbocycles. The Hall–Kier alpha value is -1.02. The Morgan fingerprint density at radius 2 is 2.11 bits per heavy atom. The molecule has 1 saturated carbocycles. The van der Waals surface area contributed by atoms with Gasteiger partial charge in [0.05, 0.1) is 7.11 Å². The summed E-state index contributed by atoms with van der Waals surface area (Å²) in [4.78, 5) is 0. The van der Waals surface area contributed by atoms with E-state index in [0.717, 1.165) is 11.7 Å². The van der Waals surface area contributed by atoms with E-state index in [0.29, 0.717) is 5.92 Å². The van der Waals surface area contributed by atoms with Crippen LogP contribution in [0, 0.1) is 18.8 Å². The first-order valence-corrected chi connectivity index (χ1v) is 7.02. The van der Waals surface area contributed by atoms with Gasteiger partial charge in [0.15, 0.2) is 0 Å². The van der Waals surface area contributed by atoms with Crippen LogP contribution >= 0.6 is 0 Å². The van der Waals surface area contributed by atoms with Crippen molar-refractivity contribution in [2.24, 2.45) is 17.6 Å². The number of aryl methyl sites for hydroxylation is 1. The molecule has 2 nitrogen and oxygen atoms in total. The fraction of sp³-hybridized carbons (Fsp3) is 0.625. The number of hydrogen-bond acceptors (Lipinski definition) is 2. The van der Waals surface area contributed by atoms with E-state index in [4.69, 9.17) is 10.5 Å². The zero-order chi connectivity index (χ0) is 13.1. The van der Waals surface area contributed by atoms with Gasteiger partial charge in [-0.1, -0.05) is 31.9 Å². The number of ether oxygens (including phenoxy) is 1. The van der Waals surface area contributed by atoms with E-state index < -0.39 is 0 Å². The summed E-state index contributed by atoms with van der Waals surface area (Å²) in [5, 5.41) is 0. The van der Waals surface area contributed by atoms with Crippen LogP contribution in [-0.4, -0.2) is 7.11 Å². The smallest absolute Gasteiger partial charge is 0.122 e. The van der Waals surface area contributed by atoms with E-state index in [1.807, 2.05) is 0 Å². The van der Waals surface area contributed by atoms with E-state index >= 15 is 0 Å². The second-order valence-electron chi connectivity index (χ2n) is 5.79. The number of nitrogens with two attached hydrogens (primary N) is 1. The van der Waals surface area contributed by atoms with E-state index in [2.05, 4.69) is 32.0 Å². The summed E-state index contributed by atoms with van der Waals surface area (Å²) >= 11 is 0. The predicted molar refractivity (Wildman–Crippen MR) is 75.8 cm³/mol. The highest BCUT2D eigenvalue weighted by Gasteiger charge is 2.25. The topological polar surface area (TPSA) is 35.2 Å². The Morgan fingerprint density at radius 3 is 2.78 bits per heavy atom. The molecule has 0 radical (unpaired) electrons. The third-order valence-electron chi connectivity index (χ3n) is 4.30. The maximum Gasteiger partial charge on any atom is 0.122 e. The van der Waals surface area contributed by atoms with Gasteiger partial charge in [-0.05, 0) is 48.8 Å². The molecule has 0 saturated heterocycles. The van der Waals surface area contributed by atoms with Crippen molar-refractivity contribution < 1.29 is 4.74 Å². The van der Waals surface area contributed by atoms with E-state index in [-0.39, 0.29) is 6.04 Å². The van der Waals surface area contributed by atoms with Gasteiger partial charge >= 0.3 is 0 Å². The van der Waals surface area contributed by atoms with Crippen LogP contribution in [0.3, 0.4) is 0 Å². The molecule has 3 atom stereocenters. The Bertz CT molecular complexity index is 402. The van der Waals surface area contributed by atoms with Gasteiger partial charge in [0.2, 0.25) is 0 Å². The molecule has 1 aliphatic rings. The third-order valence-corrected chi connectivity index (χ3v) is 4.30. The molecule has 0 aliphatic heterocycles. The van der Waals surface area contributed by atoms with Crippen molar-refractivity contribution in [1.82, 2.24) is 0 Å². The molecule has 18 heavy (non-hydrogen) atoms. The largest absolute Gasteiger partial charge is 0.496 e. The normalized spacial score (nSPS) is 25.8. The molecular formula is C16H25NO. The van der Waals surface area contributed by atoms with Gasteiger partial charge in [0, 0.05) is 6.04 Å². The van der Waals surface area contributed by atoms with Gasteiger partial charge in [-0.3, -0.25) is 0 Å². The number of hydrogen-bond donors (Lipinski definition) is 1. The number of methoxy groups -OCH3 is 1. The van der Waals surface area contributed by atoms with Gasteiger partial charge < -0.3 is 10.5 Å². The average molecular weight is 247 g/mol. The first-order valence-electron chi connectivity index (χ1n) is 7.02. The summed E-state index contributed by atoms with van der Waals surface area (Å²) in [6.45, 7) is 4.41. The summed E-state index contributed by atoms with van der Waals surface area (Å²) in [7, 11) is 1.72. The second-order valence-corrected chi connectivity index (χ2v) is 5.79. The van der Waals surface area contributed by atoms with Crippen LogP contribution in [0.5, 0.6) is 5.75 Å². The predicted octanol–water partition coefficient (Wildman–Crippen LogP) is 3.83.